The average molecular weight is 375 g/mol. The van der Waals surface area contributed by atoms with Gasteiger partial charge in [0.15, 0.2) is 6.61 Å². The number of hydrogen-bond donors (Lipinski definition) is 0. The van der Waals surface area contributed by atoms with Gasteiger partial charge in [0.2, 0.25) is 0 Å². The van der Waals surface area contributed by atoms with Crippen molar-refractivity contribution in [1.82, 2.24) is 0 Å². The molecule has 0 saturated heterocycles. The highest BCUT2D eigenvalue weighted by atomic mass is 16.6. The van der Waals surface area contributed by atoms with Gasteiger partial charge in [0.05, 0.1) is 11.6 Å². The fraction of sp³-hybridized carbons (Fsp3) is 0.227. The molecule has 0 spiro atoms. The van der Waals surface area contributed by atoms with E-state index in [1.54, 1.807) is 36.4 Å². The lowest BCUT2D eigenvalue weighted by Gasteiger charge is -2.09. The normalized spacial score (nSPS) is 12.4. The van der Waals surface area contributed by atoms with Crippen molar-refractivity contribution in [2.24, 2.45) is 0 Å². The van der Waals surface area contributed by atoms with Crippen molar-refractivity contribution in [3.05, 3.63) is 75.1 Å². The van der Waals surface area contributed by atoms with Crippen molar-refractivity contribution < 1.29 is 18.7 Å². The zero-order valence-electron chi connectivity index (χ0n) is 15.1. The van der Waals surface area contributed by atoms with Gasteiger partial charge in [-0.25, -0.2) is 9.59 Å². The predicted molar refractivity (Wildman–Crippen MR) is 101 cm³/mol. The van der Waals surface area contributed by atoms with Crippen LogP contribution in [0.25, 0.3) is 11.0 Å². The van der Waals surface area contributed by atoms with Crippen molar-refractivity contribution in [2.75, 3.05) is 6.61 Å². The zero-order valence-corrected chi connectivity index (χ0v) is 15.1. The molecule has 0 unspecified atom stereocenters. The lowest BCUT2D eigenvalue weighted by atomic mass is 10.1. The van der Waals surface area contributed by atoms with Gasteiger partial charge in [-0.3, -0.25) is 0 Å². The molecule has 0 fully saturated rings. The second-order valence-corrected chi connectivity index (χ2v) is 6.62. The van der Waals surface area contributed by atoms with E-state index < -0.39 is 5.97 Å². The molecule has 4 rings (SSSR count). The number of fused-ring (bicyclic) bond motifs is 3. The Morgan fingerprint density at radius 1 is 1.14 bits per heavy atom. The number of benzene rings is 2. The Bertz CT molecular complexity index is 1160. The minimum Gasteiger partial charge on any atom is -0.482 e. The Morgan fingerprint density at radius 2 is 2.00 bits per heavy atom. The van der Waals surface area contributed by atoms with Crippen LogP contribution in [0.15, 0.2) is 51.7 Å². The monoisotopic (exact) mass is 375 g/mol. The molecular formula is C22H17NO5. The molecule has 1 aromatic heterocycles. The minimum absolute atomic E-state index is 0.0659. The number of nitrogens with zero attached hydrogens (tertiary/aromatic N) is 1. The first-order valence-electron chi connectivity index (χ1n) is 9.00. The average Bonchev–Trinajstić information content (AvgIpc) is 3.21. The number of nitriles is 1. The largest absolute Gasteiger partial charge is 0.482 e. The Kier molecular flexibility index (Phi) is 4.81. The van der Waals surface area contributed by atoms with Gasteiger partial charge in [-0.15, -0.1) is 0 Å². The van der Waals surface area contributed by atoms with Crippen molar-refractivity contribution in [1.29, 1.82) is 5.26 Å². The molecule has 6 nitrogen and oxygen atoms in total. The molecule has 3 aromatic rings. The lowest BCUT2D eigenvalue weighted by Crippen LogP contribution is -2.15. The summed E-state index contributed by atoms with van der Waals surface area (Å²) in [6, 6.07) is 14.1. The van der Waals surface area contributed by atoms with Crippen LogP contribution in [0.3, 0.4) is 0 Å². The Balaban J connectivity index is 1.40. The molecule has 0 bridgehead atoms. The van der Waals surface area contributed by atoms with Crippen LogP contribution in [0.1, 0.15) is 28.7 Å². The van der Waals surface area contributed by atoms with Crippen molar-refractivity contribution in [3.8, 4) is 11.8 Å². The maximum Gasteiger partial charge on any atom is 0.344 e. The number of ether oxygens (including phenoxy) is 2. The van der Waals surface area contributed by atoms with Gasteiger partial charge in [-0.1, -0.05) is 12.1 Å². The minimum atomic E-state index is -0.530. The Morgan fingerprint density at radius 3 is 2.86 bits per heavy atom. The first kappa shape index (κ1) is 17.8. The molecule has 2 aromatic carbocycles. The van der Waals surface area contributed by atoms with Crippen LogP contribution in [0.2, 0.25) is 0 Å². The van der Waals surface area contributed by atoms with E-state index >= 15 is 0 Å². The van der Waals surface area contributed by atoms with Crippen LogP contribution in [-0.4, -0.2) is 12.6 Å². The summed E-state index contributed by atoms with van der Waals surface area (Å²) < 4.78 is 16.1. The van der Waals surface area contributed by atoms with Crippen LogP contribution in [0, 0.1) is 11.3 Å². The summed E-state index contributed by atoms with van der Waals surface area (Å²) in [5, 5.41) is 9.80. The summed E-state index contributed by atoms with van der Waals surface area (Å²) in [5.74, 6) is -0.102. The van der Waals surface area contributed by atoms with Crippen LogP contribution in [-0.2, 0) is 29.0 Å². The van der Waals surface area contributed by atoms with Gasteiger partial charge in [0.25, 0.3) is 0 Å². The number of carbonyl (C=O) groups is 1. The number of carbonyl (C=O) groups excluding carboxylic acids is 1. The molecule has 0 amide bonds. The van der Waals surface area contributed by atoms with E-state index in [-0.39, 0.29) is 18.8 Å². The summed E-state index contributed by atoms with van der Waals surface area (Å²) in [7, 11) is 0. The van der Waals surface area contributed by atoms with Crippen LogP contribution < -0.4 is 10.4 Å². The van der Waals surface area contributed by atoms with Gasteiger partial charge in [0.1, 0.15) is 17.9 Å². The summed E-state index contributed by atoms with van der Waals surface area (Å²) in [6.45, 7) is -0.199. The van der Waals surface area contributed by atoms with E-state index in [2.05, 4.69) is 0 Å². The molecule has 0 saturated carbocycles. The number of hydrogen-bond acceptors (Lipinski definition) is 6. The van der Waals surface area contributed by atoms with Gasteiger partial charge in [-0.2, -0.15) is 5.26 Å². The lowest BCUT2D eigenvalue weighted by molar-refractivity contribution is -0.147. The molecule has 0 N–H and O–H groups in total. The van der Waals surface area contributed by atoms with Gasteiger partial charge in [-0.05, 0) is 54.7 Å². The van der Waals surface area contributed by atoms with Gasteiger partial charge < -0.3 is 13.9 Å². The van der Waals surface area contributed by atoms with Crippen LogP contribution in [0.4, 0.5) is 0 Å². The van der Waals surface area contributed by atoms with Crippen molar-refractivity contribution in [3.63, 3.8) is 0 Å². The molecule has 6 heteroatoms. The quantitative estimate of drug-likeness (QED) is 0.502. The zero-order chi connectivity index (χ0) is 19.5. The summed E-state index contributed by atoms with van der Waals surface area (Å²) >= 11 is 0. The first-order valence-corrected chi connectivity index (χ1v) is 9.00. The highest BCUT2D eigenvalue weighted by molar-refractivity contribution is 5.83. The maximum absolute atomic E-state index is 12.1. The van der Waals surface area contributed by atoms with Gasteiger partial charge >= 0.3 is 11.6 Å². The Hall–Kier alpha value is -3.59. The molecule has 0 atom stereocenters. The molecule has 0 radical (unpaired) electrons. The molecular weight excluding hydrogens is 358 g/mol. The van der Waals surface area contributed by atoms with Crippen LogP contribution >= 0.6 is 0 Å². The van der Waals surface area contributed by atoms with E-state index in [4.69, 9.17) is 19.2 Å². The molecule has 1 heterocycles. The summed E-state index contributed by atoms with van der Waals surface area (Å²) in [6.07, 6.45) is 2.59. The highest BCUT2D eigenvalue weighted by Gasteiger charge is 2.19. The van der Waals surface area contributed by atoms with E-state index in [0.717, 1.165) is 41.3 Å². The molecule has 0 aliphatic heterocycles. The fourth-order valence-corrected chi connectivity index (χ4v) is 3.43. The second kappa shape index (κ2) is 7.57. The number of esters is 1. The molecule has 28 heavy (non-hydrogen) atoms. The van der Waals surface area contributed by atoms with E-state index in [0.29, 0.717) is 16.9 Å². The number of rotatable bonds is 5. The van der Waals surface area contributed by atoms with E-state index in [1.165, 1.54) is 0 Å². The van der Waals surface area contributed by atoms with E-state index in [1.807, 2.05) is 12.1 Å². The molecule has 1 aliphatic rings. The summed E-state index contributed by atoms with van der Waals surface area (Å²) in [5.41, 5.74) is 3.23. The third kappa shape index (κ3) is 3.60. The topological polar surface area (TPSA) is 89.5 Å². The summed E-state index contributed by atoms with van der Waals surface area (Å²) in [4.78, 5) is 24.0. The standard InChI is InChI=1S/C22H17NO5/c23-11-14-3-1-4-15(9-14)12-27-21(24)13-26-16-7-8-18-17-5-2-6-19(17)22(25)28-20(18)10-16/h1,3-4,7-10H,2,5-6,12-13H2. The highest BCUT2D eigenvalue weighted by Crippen LogP contribution is 2.29. The Labute approximate surface area is 160 Å². The number of aryl methyl sites for hydroxylation is 1. The van der Waals surface area contributed by atoms with Crippen molar-refractivity contribution in [2.45, 2.75) is 25.9 Å². The van der Waals surface area contributed by atoms with E-state index in [9.17, 15) is 9.59 Å². The maximum atomic E-state index is 12.1. The third-order valence-electron chi connectivity index (χ3n) is 4.76. The first-order chi connectivity index (χ1) is 13.6. The van der Waals surface area contributed by atoms with Gasteiger partial charge in [0, 0.05) is 17.0 Å². The fourth-order valence-electron chi connectivity index (χ4n) is 3.43. The van der Waals surface area contributed by atoms with Crippen LogP contribution in [0.5, 0.6) is 5.75 Å². The predicted octanol–water partition coefficient (Wildman–Crippen LogP) is 3.28. The molecule has 1 aliphatic carbocycles. The van der Waals surface area contributed by atoms with Crippen molar-refractivity contribution >= 4 is 16.9 Å². The molecule has 140 valence electrons. The SMILES string of the molecule is N#Cc1cccc(COC(=O)COc2ccc3c4c(c(=O)oc3c2)CCC4)c1. The smallest absolute Gasteiger partial charge is 0.344 e. The third-order valence-corrected chi connectivity index (χ3v) is 4.76. The second-order valence-electron chi connectivity index (χ2n) is 6.62.